The van der Waals surface area contributed by atoms with E-state index in [0.717, 1.165) is 5.56 Å². The van der Waals surface area contributed by atoms with Crippen LogP contribution in [0.2, 0.25) is 0 Å². The van der Waals surface area contributed by atoms with Crippen LogP contribution >= 0.6 is 0 Å². The Morgan fingerprint density at radius 2 is 1.49 bits per heavy atom. The van der Waals surface area contributed by atoms with Crippen molar-refractivity contribution < 1.29 is 28.7 Å². The second-order valence-corrected chi connectivity index (χ2v) is 8.78. The van der Waals surface area contributed by atoms with Crippen LogP contribution in [0.15, 0.2) is 79.0 Å². The number of Topliss-reactive ketones (excluding diaryl/α,β-unsaturated/α-hetero) is 1. The van der Waals surface area contributed by atoms with Gasteiger partial charge in [0.1, 0.15) is 23.6 Å². The Balaban J connectivity index is 1.61. The number of carbonyl (C=O) groups excluding carboxylic acids is 4. The van der Waals surface area contributed by atoms with E-state index in [0.29, 0.717) is 17.2 Å². The molecule has 10 nitrogen and oxygen atoms in total. The highest BCUT2D eigenvalue weighted by Gasteiger charge is 2.29. The first-order valence-electron chi connectivity index (χ1n) is 12.4. The fraction of sp³-hybridized carbons (Fsp3) is 0.276. The maximum absolute atomic E-state index is 13.0. The molecule has 0 aliphatic carbocycles. The normalized spacial score (nSPS) is 12.8. The fourth-order valence-corrected chi connectivity index (χ4v) is 3.58. The SMILES string of the molecule is COc1ccc(OC(C)C(=O)N[C@H](C)C(=O)N[C@H](Cc2ccccc2)C(=O)C(=O)NCc2ccccn2)cc1. The Morgan fingerprint density at radius 1 is 0.821 bits per heavy atom. The molecule has 3 N–H and O–H groups in total. The number of carbonyl (C=O) groups is 4. The molecule has 3 rings (SSSR count). The molecule has 2 aromatic carbocycles. The Kier molecular flexibility index (Phi) is 10.6. The average molecular weight is 533 g/mol. The molecule has 0 fully saturated rings. The lowest BCUT2D eigenvalue weighted by Crippen LogP contribution is -2.54. The van der Waals surface area contributed by atoms with Gasteiger partial charge in [-0.25, -0.2) is 0 Å². The van der Waals surface area contributed by atoms with Crippen LogP contribution in [-0.4, -0.2) is 53.8 Å². The number of hydrogen-bond donors (Lipinski definition) is 3. The van der Waals surface area contributed by atoms with Crippen molar-refractivity contribution in [1.29, 1.82) is 0 Å². The highest BCUT2D eigenvalue weighted by Crippen LogP contribution is 2.18. The van der Waals surface area contributed by atoms with Gasteiger partial charge in [0.2, 0.25) is 11.7 Å². The molecule has 3 aromatic rings. The number of pyridine rings is 1. The highest BCUT2D eigenvalue weighted by molar-refractivity contribution is 6.38. The molecule has 3 atom stereocenters. The Morgan fingerprint density at radius 3 is 2.13 bits per heavy atom. The summed E-state index contributed by atoms with van der Waals surface area (Å²) < 4.78 is 10.7. The quantitative estimate of drug-likeness (QED) is 0.287. The third-order valence-electron chi connectivity index (χ3n) is 5.79. The molecule has 0 aliphatic heterocycles. The lowest BCUT2D eigenvalue weighted by molar-refractivity contribution is -0.140. The number of benzene rings is 2. The largest absolute Gasteiger partial charge is 0.497 e. The highest BCUT2D eigenvalue weighted by atomic mass is 16.5. The first kappa shape index (κ1) is 28.8. The van der Waals surface area contributed by atoms with Crippen LogP contribution in [0, 0.1) is 0 Å². The van der Waals surface area contributed by atoms with Crippen molar-refractivity contribution in [3.63, 3.8) is 0 Å². The van der Waals surface area contributed by atoms with Crippen LogP contribution in [-0.2, 0) is 32.1 Å². The van der Waals surface area contributed by atoms with Gasteiger partial charge >= 0.3 is 0 Å². The minimum atomic E-state index is -1.14. The van der Waals surface area contributed by atoms with Crippen molar-refractivity contribution in [1.82, 2.24) is 20.9 Å². The van der Waals surface area contributed by atoms with Gasteiger partial charge < -0.3 is 25.4 Å². The van der Waals surface area contributed by atoms with Crippen molar-refractivity contribution >= 4 is 23.5 Å². The van der Waals surface area contributed by atoms with E-state index in [-0.39, 0.29) is 13.0 Å². The monoisotopic (exact) mass is 532 g/mol. The van der Waals surface area contributed by atoms with Crippen LogP contribution in [0.3, 0.4) is 0 Å². The molecule has 10 heteroatoms. The lowest BCUT2D eigenvalue weighted by Gasteiger charge is -2.22. The second-order valence-electron chi connectivity index (χ2n) is 8.78. The summed E-state index contributed by atoms with van der Waals surface area (Å²) in [6, 6.07) is 18.8. The predicted molar refractivity (Wildman–Crippen MR) is 144 cm³/mol. The van der Waals surface area contributed by atoms with E-state index in [1.165, 1.54) is 6.92 Å². The first-order chi connectivity index (χ1) is 18.8. The summed E-state index contributed by atoms with van der Waals surface area (Å²) >= 11 is 0. The number of methoxy groups -OCH3 is 1. The van der Waals surface area contributed by atoms with Crippen molar-refractivity contribution in [3.8, 4) is 11.5 Å². The molecule has 0 radical (unpaired) electrons. The molecule has 0 saturated carbocycles. The van der Waals surface area contributed by atoms with E-state index in [4.69, 9.17) is 9.47 Å². The number of aromatic nitrogens is 1. The summed E-state index contributed by atoms with van der Waals surface area (Å²) in [6.07, 6.45) is 0.785. The van der Waals surface area contributed by atoms with Gasteiger partial charge in [-0.15, -0.1) is 0 Å². The molecule has 3 amide bonds. The summed E-state index contributed by atoms with van der Waals surface area (Å²) in [7, 11) is 1.55. The van der Waals surface area contributed by atoms with Crippen LogP contribution in [0.1, 0.15) is 25.1 Å². The van der Waals surface area contributed by atoms with E-state index in [2.05, 4.69) is 20.9 Å². The minimum absolute atomic E-state index is 0.0654. The molecule has 0 aliphatic rings. The van der Waals surface area contributed by atoms with Gasteiger partial charge in [-0.05, 0) is 55.8 Å². The van der Waals surface area contributed by atoms with Crippen LogP contribution in [0.5, 0.6) is 11.5 Å². The molecular weight excluding hydrogens is 500 g/mol. The van der Waals surface area contributed by atoms with Gasteiger partial charge in [0.15, 0.2) is 6.10 Å². The maximum Gasteiger partial charge on any atom is 0.289 e. The summed E-state index contributed by atoms with van der Waals surface area (Å²) in [6.45, 7) is 3.10. The number of rotatable bonds is 13. The zero-order chi connectivity index (χ0) is 28.2. The fourth-order valence-electron chi connectivity index (χ4n) is 3.58. The number of nitrogens with zero attached hydrogens (tertiary/aromatic N) is 1. The molecule has 204 valence electrons. The van der Waals surface area contributed by atoms with Crippen molar-refractivity contribution in [2.45, 2.75) is 45.0 Å². The van der Waals surface area contributed by atoms with Crippen LogP contribution in [0.4, 0.5) is 0 Å². The van der Waals surface area contributed by atoms with Gasteiger partial charge in [-0.3, -0.25) is 24.2 Å². The van der Waals surface area contributed by atoms with E-state index < -0.39 is 41.7 Å². The molecule has 39 heavy (non-hydrogen) atoms. The molecule has 0 spiro atoms. The van der Waals surface area contributed by atoms with Gasteiger partial charge in [0, 0.05) is 12.6 Å². The third-order valence-corrected chi connectivity index (χ3v) is 5.79. The standard InChI is InChI=1S/C29H32N4O6/c1-19(32-28(36)20(2)39-24-14-12-23(38-3)13-15-24)27(35)33-25(17-21-9-5-4-6-10-21)26(34)29(37)31-18-22-11-7-8-16-30-22/h4-16,19-20,25H,17-18H2,1-3H3,(H,31,37)(H,32,36)(H,33,35)/t19-,20?,25-/m1/s1. The van der Waals surface area contributed by atoms with E-state index in [9.17, 15) is 19.2 Å². The van der Waals surface area contributed by atoms with Crippen LogP contribution < -0.4 is 25.4 Å². The number of amides is 3. The van der Waals surface area contributed by atoms with Gasteiger partial charge in [0.25, 0.3) is 11.8 Å². The average Bonchev–Trinajstić information content (AvgIpc) is 2.96. The third kappa shape index (κ3) is 8.96. The number of ketones is 1. The molecular formula is C29H32N4O6. The Bertz CT molecular complexity index is 1250. The number of ether oxygens (including phenoxy) is 2. The van der Waals surface area contributed by atoms with Crippen molar-refractivity contribution in [3.05, 3.63) is 90.3 Å². The molecule has 0 bridgehead atoms. The van der Waals surface area contributed by atoms with Crippen LogP contribution in [0.25, 0.3) is 0 Å². The van der Waals surface area contributed by atoms with E-state index in [1.54, 1.807) is 87.0 Å². The Hall–Kier alpha value is -4.73. The maximum atomic E-state index is 13.0. The topological polar surface area (TPSA) is 136 Å². The Labute approximate surface area is 227 Å². The predicted octanol–water partition coefficient (Wildman–Crippen LogP) is 1.98. The minimum Gasteiger partial charge on any atom is -0.497 e. The number of hydrogen-bond acceptors (Lipinski definition) is 7. The first-order valence-corrected chi connectivity index (χ1v) is 12.4. The second kappa shape index (κ2) is 14.3. The summed E-state index contributed by atoms with van der Waals surface area (Å²) in [5.74, 6) is -1.69. The van der Waals surface area contributed by atoms with Gasteiger partial charge in [-0.1, -0.05) is 36.4 Å². The van der Waals surface area contributed by atoms with Gasteiger partial charge in [0.05, 0.1) is 19.3 Å². The number of nitrogens with one attached hydrogen (secondary N) is 3. The summed E-state index contributed by atoms with van der Waals surface area (Å²) in [5, 5.41) is 7.75. The summed E-state index contributed by atoms with van der Waals surface area (Å²) in [5.41, 5.74) is 1.34. The van der Waals surface area contributed by atoms with E-state index >= 15 is 0 Å². The molecule has 0 saturated heterocycles. The lowest BCUT2D eigenvalue weighted by atomic mass is 10.0. The molecule has 1 heterocycles. The van der Waals surface area contributed by atoms with E-state index in [1.807, 2.05) is 6.07 Å². The zero-order valence-electron chi connectivity index (χ0n) is 22.0. The van der Waals surface area contributed by atoms with Crippen molar-refractivity contribution in [2.75, 3.05) is 7.11 Å². The smallest absolute Gasteiger partial charge is 0.289 e. The summed E-state index contributed by atoms with van der Waals surface area (Å²) in [4.78, 5) is 55.4. The molecule has 1 aromatic heterocycles. The van der Waals surface area contributed by atoms with Crippen molar-refractivity contribution in [2.24, 2.45) is 0 Å². The zero-order valence-corrected chi connectivity index (χ0v) is 22.0. The van der Waals surface area contributed by atoms with Gasteiger partial charge in [-0.2, -0.15) is 0 Å². The molecule has 1 unspecified atom stereocenters.